The predicted octanol–water partition coefficient (Wildman–Crippen LogP) is 4.21. The highest BCUT2D eigenvalue weighted by Gasteiger charge is 2.20. The van der Waals surface area contributed by atoms with Crippen LogP contribution in [0.5, 0.6) is 0 Å². The lowest BCUT2D eigenvalue weighted by Crippen LogP contribution is -2.42. The Bertz CT molecular complexity index is 1330. The fourth-order valence-corrected chi connectivity index (χ4v) is 5.30. The van der Waals surface area contributed by atoms with Crippen molar-refractivity contribution >= 4 is 34.9 Å². The topological polar surface area (TPSA) is 81.8 Å². The number of morpholine rings is 1. The first-order valence-corrected chi connectivity index (χ1v) is 13.4. The van der Waals surface area contributed by atoms with Gasteiger partial charge in [-0.1, -0.05) is 24.3 Å². The van der Waals surface area contributed by atoms with Crippen molar-refractivity contribution < 1.29 is 9.53 Å². The predicted molar refractivity (Wildman–Crippen MR) is 152 cm³/mol. The molecule has 1 aromatic heterocycles. The Balaban J connectivity index is 1.12. The summed E-state index contributed by atoms with van der Waals surface area (Å²) in [5.74, 6) is 0.350. The molecule has 0 spiro atoms. The Morgan fingerprint density at radius 3 is 2.76 bits per heavy atom. The lowest BCUT2D eigenvalue weighted by Gasteiger charge is -2.32. The largest absolute Gasteiger partial charge is 0.381 e. The van der Waals surface area contributed by atoms with Gasteiger partial charge < -0.3 is 20.7 Å². The summed E-state index contributed by atoms with van der Waals surface area (Å²) in [6.07, 6.45) is 6.94. The van der Waals surface area contributed by atoms with Crippen LogP contribution in [-0.4, -0.2) is 73.2 Å². The summed E-state index contributed by atoms with van der Waals surface area (Å²) in [5.41, 5.74) is 7.05. The summed E-state index contributed by atoms with van der Waals surface area (Å²) in [7, 11) is 0. The fourth-order valence-electron chi connectivity index (χ4n) is 5.30. The molecule has 8 nitrogen and oxygen atoms in total. The van der Waals surface area contributed by atoms with Crippen LogP contribution < -0.4 is 16.0 Å². The number of rotatable bonds is 7. The summed E-state index contributed by atoms with van der Waals surface area (Å²) < 4.78 is 5.47. The van der Waals surface area contributed by atoms with Crippen molar-refractivity contribution in [1.29, 1.82) is 0 Å². The number of aromatic nitrogens is 1. The zero-order chi connectivity index (χ0) is 25.7. The average molecular weight is 511 g/mol. The molecule has 1 fully saturated rings. The first-order valence-electron chi connectivity index (χ1n) is 13.4. The van der Waals surface area contributed by atoms with E-state index in [2.05, 4.69) is 61.1 Å². The molecule has 0 aliphatic carbocycles. The van der Waals surface area contributed by atoms with Crippen LogP contribution in [0.3, 0.4) is 0 Å². The van der Waals surface area contributed by atoms with E-state index in [0.717, 1.165) is 88.1 Å². The van der Waals surface area contributed by atoms with Gasteiger partial charge in [0.25, 0.3) is 5.91 Å². The quantitative estimate of drug-likeness (QED) is 0.439. The number of nitrogens with one attached hydrogen (secondary N) is 3. The van der Waals surface area contributed by atoms with E-state index < -0.39 is 0 Å². The Kier molecular flexibility index (Phi) is 7.35. The zero-order valence-corrected chi connectivity index (χ0v) is 21.6. The molecule has 3 aliphatic heterocycles. The number of carbonyl (C=O) groups is 1. The summed E-state index contributed by atoms with van der Waals surface area (Å²) in [6, 6.07) is 16.0. The van der Waals surface area contributed by atoms with Gasteiger partial charge in [-0.2, -0.15) is 0 Å². The van der Waals surface area contributed by atoms with Crippen LogP contribution in [-0.2, 0) is 17.7 Å². The Labute approximate surface area is 223 Å². The minimum atomic E-state index is -0.181. The Morgan fingerprint density at radius 2 is 1.84 bits per heavy atom. The molecule has 38 heavy (non-hydrogen) atoms. The first-order chi connectivity index (χ1) is 18.7. The number of carbonyl (C=O) groups excluding carboxylic acids is 1. The van der Waals surface area contributed by atoms with Gasteiger partial charge in [-0.25, -0.2) is 4.98 Å². The molecule has 1 amide bonds. The summed E-state index contributed by atoms with van der Waals surface area (Å²) in [5, 5.41) is 9.81. The van der Waals surface area contributed by atoms with E-state index in [1.807, 2.05) is 18.2 Å². The SMILES string of the molecule is O=C(Nc1ccc2c(c1)CN(CCN1CCOCC1)CC2)c1cccnc1Nc1ccc2c(c1)NCC=C2. The summed E-state index contributed by atoms with van der Waals surface area (Å²) in [4.78, 5) is 22.8. The average Bonchev–Trinajstić information content (AvgIpc) is 2.96. The summed E-state index contributed by atoms with van der Waals surface area (Å²) >= 11 is 0. The second kappa shape index (κ2) is 11.3. The lowest BCUT2D eigenvalue weighted by molar-refractivity contribution is 0.0327. The van der Waals surface area contributed by atoms with Crippen molar-refractivity contribution in [2.24, 2.45) is 0 Å². The third kappa shape index (κ3) is 5.72. The van der Waals surface area contributed by atoms with Crippen molar-refractivity contribution in [2.45, 2.75) is 13.0 Å². The second-order valence-corrected chi connectivity index (χ2v) is 10.0. The van der Waals surface area contributed by atoms with Gasteiger partial charge in [0.05, 0.1) is 18.8 Å². The van der Waals surface area contributed by atoms with Crippen LogP contribution in [0.1, 0.15) is 27.0 Å². The number of fused-ring (bicyclic) bond motifs is 2. The molecular weight excluding hydrogens is 476 g/mol. The maximum Gasteiger partial charge on any atom is 0.259 e. The van der Waals surface area contributed by atoms with Gasteiger partial charge >= 0.3 is 0 Å². The number of pyridine rings is 1. The molecule has 0 saturated carbocycles. The minimum Gasteiger partial charge on any atom is -0.381 e. The van der Waals surface area contributed by atoms with Gasteiger partial charge in [0.1, 0.15) is 5.82 Å². The molecular formula is C30H34N6O2. The molecule has 6 rings (SSSR count). The van der Waals surface area contributed by atoms with E-state index in [1.165, 1.54) is 11.1 Å². The standard InChI is InChI=1S/C30H34N6O2/c37-30(27-4-2-11-32-29(27)33-26-8-6-23-3-1-10-31-28(23)20-26)34-25-7-5-22-9-12-36(21-24(22)19-25)14-13-35-15-17-38-18-16-35/h1-8,11,19-20,31H,9-10,12-18,21H2,(H,32,33)(H,34,37). The number of hydrogen-bond donors (Lipinski definition) is 3. The number of hydrogen-bond acceptors (Lipinski definition) is 7. The smallest absolute Gasteiger partial charge is 0.259 e. The van der Waals surface area contributed by atoms with E-state index in [9.17, 15) is 4.79 Å². The highest BCUT2D eigenvalue weighted by atomic mass is 16.5. The molecule has 196 valence electrons. The fraction of sp³-hybridized carbons (Fsp3) is 0.333. The van der Waals surface area contributed by atoms with Crippen molar-refractivity contribution in [3.63, 3.8) is 0 Å². The van der Waals surface area contributed by atoms with Crippen LogP contribution in [0.4, 0.5) is 22.9 Å². The maximum absolute atomic E-state index is 13.3. The second-order valence-electron chi connectivity index (χ2n) is 10.0. The third-order valence-electron chi connectivity index (χ3n) is 7.47. The maximum atomic E-state index is 13.3. The van der Waals surface area contributed by atoms with Crippen LogP contribution in [0.25, 0.3) is 6.08 Å². The van der Waals surface area contributed by atoms with E-state index in [4.69, 9.17) is 4.74 Å². The van der Waals surface area contributed by atoms with Crippen molar-refractivity contribution in [1.82, 2.24) is 14.8 Å². The van der Waals surface area contributed by atoms with Gasteiger partial charge in [0, 0.05) is 69.1 Å². The van der Waals surface area contributed by atoms with E-state index in [1.54, 1.807) is 18.3 Å². The van der Waals surface area contributed by atoms with Gasteiger partial charge in [0.15, 0.2) is 0 Å². The normalized spacial score (nSPS) is 17.3. The molecule has 0 unspecified atom stereocenters. The van der Waals surface area contributed by atoms with E-state index in [0.29, 0.717) is 11.4 Å². The van der Waals surface area contributed by atoms with Crippen LogP contribution >= 0.6 is 0 Å². The van der Waals surface area contributed by atoms with Gasteiger partial charge in [-0.15, -0.1) is 0 Å². The molecule has 0 radical (unpaired) electrons. The molecule has 1 saturated heterocycles. The molecule has 3 aliphatic rings. The van der Waals surface area contributed by atoms with E-state index >= 15 is 0 Å². The zero-order valence-electron chi connectivity index (χ0n) is 21.6. The number of benzene rings is 2. The number of amides is 1. The number of anilines is 4. The van der Waals surface area contributed by atoms with Crippen LogP contribution in [0.2, 0.25) is 0 Å². The van der Waals surface area contributed by atoms with Gasteiger partial charge in [-0.3, -0.25) is 14.6 Å². The van der Waals surface area contributed by atoms with Crippen LogP contribution in [0, 0.1) is 0 Å². The molecule has 0 bridgehead atoms. The monoisotopic (exact) mass is 510 g/mol. The highest BCUT2D eigenvalue weighted by molar-refractivity contribution is 6.07. The van der Waals surface area contributed by atoms with E-state index in [-0.39, 0.29) is 5.91 Å². The minimum absolute atomic E-state index is 0.181. The van der Waals surface area contributed by atoms with Crippen LogP contribution in [0.15, 0.2) is 60.8 Å². The van der Waals surface area contributed by atoms with Crippen molar-refractivity contribution in [3.8, 4) is 0 Å². The molecule has 2 aromatic carbocycles. The number of ether oxygens (including phenoxy) is 1. The molecule has 3 aromatic rings. The number of nitrogens with zero attached hydrogens (tertiary/aromatic N) is 3. The molecule has 0 atom stereocenters. The van der Waals surface area contributed by atoms with Gasteiger partial charge in [-0.05, 0) is 59.5 Å². The summed E-state index contributed by atoms with van der Waals surface area (Å²) in [6.45, 7) is 8.62. The molecule has 8 heteroatoms. The van der Waals surface area contributed by atoms with Gasteiger partial charge in [0.2, 0.25) is 0 Å². The first kappa shape index (κ1) is 24.6. The third-order valence-corrected chi connectivity index (χ3v) is 7.47. The molecule has 4 heterocycles. The van der Waals surface area contributed by atoms with Crippen molar-refractivity contribution in [3.05, 3.63) is 83.1 Å². The Hall–Kier alpha value is -3.72. The highest BCUT2D eigenvalue weighted by Crippen LogP contribution is 2.28. The molecule has 3 N–H and O–H groups in total. The van der Waals surface area contributed by atoms with Crippen molar-refractivity contribution in [2.75, 3.05) is 68.4 Å². The lowest BCUT2D eigenvalue weighted by atomic mass is 9.99. The Morgan fingerprint density at radius 1 is 0.974 bits per heavy atom.